The van der Waals surface area contributed by atoms with Crippen molar-refractivity contribution in [2.45, 2.75) is 13.8 Å². The fourth-order valence-corrected chi connectivity index (χ4v) is 2.49. The number of rotatable bonds is 1. The molecule has 0 aliphatic heterocycles. The fourth-order valence-electron chi connectivity index (χ4n) is 1.81. The molecule has 0 aromatic carbocycles. The summed E-state index contributed by atoms with van der Waals surface area (Å²) in [5.41, 5.74) is 3.17. The average molecular weight is 229 g/mol. The van der Waals surface area contributed by atoms with Crippen molar-refractivity contribution < 1.29 is 0 Å². The Bertz CT molecular complexity index is 638. The SMILES string of the molecule is Cc1cc(C)n2cc(-c3cccs3)nc2n1. The Labute approximate surface area is 97.4 Å². The lowest BCUT2D eigenvalue weighted by atomic mass is 10.3. The van der Waals surface area contributed by atoms with E-state index in [2.05, 4.69) is 34.4 Å². The van der Waals surface area contributed by atoms with Crippen LogP contribution in [0, 0.1) is 13.8 Å². The first kappa shape index (κ1) is 9.54. The van der Waals surface area contributed by atoms with E-state index >= 15 is 0 Å². The first-order valence-electron chi connectivity index (χ1n) is 5.11. The number of nitrogens with zero attached hydrogens (tertiary/aromatic N) is 3. The van der Waals surface area contributed by atoms with Crippen LogP contribution in [0.3, 0.4) is 0 Å². The van der Waals surface area contributed by atoms with E-state index in [-0.39, 0.29) is 0 Å². The van der Waals surface area contributed by atoms with Gasteiger partial charge in [0.2, 0.25) is 5.78 Å². The summed E-state index contributed by atoms with van der Waals surface area (Å²) in [4.78, 5) is 10.1. The van der Waals surface area contributed by atoms with Gasteiger partial charge in [-0.25, -0.2) is 9.97 Å². The standard InChI is InChI=1S/C12H11N3S/c1-8-6-9(2)15-7-10(14-12(15)13-8)11-4-3-5-16-11/h3-7H,1-2H3. The number of imidazole rings is 1. The molecule has 3 heterocycles. The van der Waals surface area contributed by atoms with Crippen LogP contribution < -0.4 is 0 Å². The molecule has 0 bridgehead atoms. The van der Waals surface area contributed by atoms with Gasteiger partial charge in [-0.15, -0.1) is 11.3 Å². The smallest absolute Gasteiger partial charge is 0.234 e. The van der Waals surface area contributed by atoms with Crippen LogP contribution in [-0.2, 0) is 0 Å². The molecule has 0 saturated heterocycles. The summed E-state index contributed by atoms with van der Waals surface area (Å²) in [5.74, 6) is 0.779. The molecule has 0 aliphatic rings. The maximum Gasteiger partial charge on any atom is 0.234 e. The van der Waals surface area contributed by atoms with Crippen molar-refractivity contribution in [3.63, 3.8) is 0 Å². The predicted octanol–water partition coefficient (Wildman–Crippen LogP) is 3.07. The van der Waals surface area contributed by atoms with Gasteiger partial charge in [0.05, 0.1) is 4.88 Å². The van der Waals surface area contributed by atoms with Gasteiger partial charge in [0, 0.05) is 17.6 Å². The molecule has 0 radical (unpaired) electrons. The highest BCUT2D eigenvalue weighted by Crippen LogP contribution is 2.24. The molecule has 4 heteroatoms. The Morgan fingerprint density at radius 3 is 2.88 bits per heavy atom. The zero-order valence-corrected chi connectivity index (χ0v) is 9.95. The zero-order valence-electron chi connectivity index (χ0n) is 9.14. The third kappa shape index (κ3) is 1.42. The van der Waals surface area contributed by atoms with E-state index in [4.69, 9.17) is 0 Å². The summed E-state index contributed by atoms with van der Waals surface area (Å²) in [7, 11) is 0. The summed E-state index contributed by atoms with van der Waals surface area (Å²) < 4.78 is 2.03. The van der Waals surface area contributed by atoms with Crippen LogP contribution in [-0.4, -0.2) is 14.4 Å². The fraction of sp³-hybridized carbons (Fsp3) is 0.167. The molecule has 3 nitrogen and oxygen atoms in total. The van der Waals surface area contributed by atoms with E-state index in [1.54, 1.807) is 11.3 Å². The Balaban J connectivity index is 2.27. The lowest BCUT2D eigenvalue weighted by Gasteiger charge is -1.98. The zero-order chi connectivity index (χ0) is 11.1. The molecule has 0 unspecified atom stereocenters. The summed E-state index contributed by atoms with van der Waals surface area (Å²) in [5, 5.41) is 2.06. The predicted molar refractivity (Wildman–Crippen MR) is 65.8 cm³/mol. The van der Waals surface area contributed by atoms with Gasteiger partial charge in [-0.2, -0.15) is 0 Å². The molecule has 0 fully saturated rings. The van der Waals surface area contributed by atoms with Gasteiger partial charge in [0.25, 0.3) is 0 Å². The summed E-state index contributed by atoms with van der Waals surface area (Å²) in [6, 6.07) is 6.18. The first-order chi connectivity index (χ1) is 7.74. The van der Waals surface area contributed by atoms with Crippen LogP contribution in [0.5, 0.6) is 0 Å². The van der Waals surface area contributed by atoms with E-state index < -0.39 is 0 Å². The summed E-state index contributed by atoms with van der Waals surface area (Å²) in [6.45, 7) is 4.06. The van der Waals surface area contributed by atoms with Gasteiger partial charge < -0.3 is 0 Å². The van der Waals surface area contributed by atoms with Gasteiger partial charge in [0.1, 0.15) is 5.69 Å². The number of fused-ring (bicyclic) bond motifs is 1. The molecular formula is C12H11N3S. The van der Waals surface area contributed by atoms with Crippen LogP contribution >= 0.6 is 11.3 Å². The molecule has 0 atom stereocenters. The number of hydrogen-bond acceptors (Lipinski definition) is 3. The maximum absolute atomic E-state index is 4.54. The van der Waals surface area contributed by atoms with E-state index in [0.717, 1.165) is 22.9 Å². The monoisotopic (exact) mass is 229 g/mol. The van der Waals surface area contributed by atoms with Crippen molar-refractivity contribution in [1.29, 1.82) is 0 Å². The van der Waals surface area contributed by atoms with Gasteiger partial charge >= 0.3 is 0 Å². The van der Waals surface area contributed by atoms with Crippen molar-refractivity contribution in [1.82, 2.24) is 14.4 Å². The molecule has 0 aliphatic carbocycles. The Hall–Kier alpha value is -1.68. The topological polar surface area (TPSA) is 30.2 Å². The van der Waals surface area contributed by atoms with Crippen molar-refractivity contribution in [2.24, 2.45) is 0 Å². The third-order valence-corrected chi connectivity index (χ3v) is 3.43. The van der Waals surface area contributed by atoms with Gasteiger partial charge in [0.15, 0.2) is 0 Å². The van der Waals surface area contributed by atoms with Crippen LogP contribution in [0.2, 0.25) is 0 Å². The first-order valence-corrected chi connectivity index (χ1v) is 5.99. The highest BCUT2D eigenvalue weighted by Gasteiger charge is 2.07. The Morgan fingerprint density at radius 1 is 1.25 bits per heavy atom. The molecular weight excluding hydrogens is 218 g/mol. The minimum absolute atomic E-state index is 0.779. The quantitative estimate of drug-likeness (QED) is 0.642. The molecule has 16 heavy (non-hydrogen) atoms. The highest BCUT2D eigenvalue weighted by molar-refractivity contribution is 7.13. The normalized spacial score (nSPS) is 11.1. The van der Waals surface area contributed by atoms with Crippen LogP contribution in [0.25, 0.3) is 16.3 Å². The van der Waals surface area contributed by atoms with E-state index in [1.165, 1.54) is 4.88 Å². The number of thiophene rings is 1. The summed E-state index contributed by atoms with van der Waals surface area (Å²) in [6.07, 6.45) is 2.04. The van der Waals surface area contributed by atoms with Crippen molar-refractivity contribution in [2.75, 3.05) is 0 Å². The number of aromatic nitrogens is 3. The van der Waals surface area contributed by atoms with Crippen molar-refractivity contribution in [3.05, 3.63) is 41.2 Å². The second-order valence-electron chi connectivity index (χ2n) is 3.81. The van der Waals surface area contributed by atoms with Gasteiger partial charge in [-0.1, -0.05) is 6.07 Å². The van der Waals surface area contributed by atoms with Gasteiger partial charge in [-0.3, -0.25) is 4.40 Å². The van der Waals surface area contributed by atoms with E-state index in [1.807, 2.05) is 23.6 Å². The number of aryl methyl sites for hydroxylation is 2. The lowest BCUT2D eigenvalue weighted by Crippen LogP contribution is -1.94. The average Bonchev–Trinajstić information content (AvgIpc) is 2.82. The maximum atomic E-state index is 4.54. The minimum atomic E-state index is 0.779. The van der Waals surface area contributed by atoms with Gasteiger partial charge in [-0.05, 0) is 31.4 Å². The second kappa shape index (κ2) is 3.42. The highest BCUT2D eigenvalue weighted by atomic mass is 32.1. The Kier molecular flexibility index (Phi) is 2.04. The molecule has 0 amide bonds. The molecule has 3 aromatic heterocycles. The second-order valence-corrected chi connectivity index (χ2v) is 4.76. The molecule has 80 valence electrons. The molecule has 0 spiro atoms. The van der Waals surface area contributed by atoms with Crippen molar-refractivity contribution >= 4 is 17.1 Å². The van der Waals surface area contributed by atoms with E-state index in [0.29, 0.717) is 0 Å². The van der Waals surface area contributed by atoms with Crippen LogP contribution in [0.15, 0.2) is 29.8 Å². The van der Waals surface area contributed by atoms with Crippen LogP contribution in [0.4, 0.5) is 0 Å². The minimum Gasteiger partial charge on any atom is -0.288 e. The Morgan fingerprint density at radius 2 is 2.12 bits per heavy atom. The third-order valence-electron chi connectivity index (χ3n) is 2.54. The lowest BCUT2D eigenvalue weighted by molar-refractivity contribution is 1.01. The molecule has 3 aromatic rings. The summed E-state index contributed by atoms with van der Waals surface area (Å²) >= 11 is 1.70. The number of hydrogen-bond donors (Lipinski definition) is 0. The largest absolute Gasteiger partial charge is 0.288 e. The van der Waals surface area contributed by atoms with Crippen LogP contribution in [0.1, 0.15) is 11.4 Å². The van der Waals surface area contributed by atoms with Crippen molar-refractivity contribution in [3.8, 4) is 10.6 Å². The molecule has 3 rings (SSSR count). The molecule has 0 saturated carbocycles. The van der Waals surface area contributed by atoms with E-state index in [9.17, 15) is 0 Å². The molecule has 0 N–H and O–H groups in total.